The molecule has 0 N–H and O–H groups in total. The van der Waals surface area contributed by atoms with Crippen molar-refractivity contribution < 1.29 is 4.39 Å². The fourth-order valence-electron chi connectivity index (χ4n) is 2.37. The Balaban J connectivity index is 2.33. The smallest absolute Gasteiger partial charge is 0.143 e. The maximum Gasteiger partial charge on any atom is 0.143 e. The van der Waals surface area contributed by atoms with Crippen molar-refractivity contribution in [3.63, 3.8) is 0 Å². The van der Waals surface area contributed by atoms with Crippen LogP contribution in [0.2, 0.25) is 5.02 Å². The molecule has 2 aromatic carbocycles. The molecule has 0 amide bonds. The van der Waals surface area contributed by atoms with Crippen LogP contribution in [0, 0.1) is 12.7 Å². The molecule has 0 aliphatic heterocycles. The van der Waals surface area contributed by atoms with E-state index in [0.29, 0.717) is 11.5 Å². The van der Waals surface area contributed by atoms with Gasteiger partial charge in [-0.2, -0.15) is 0 Å². The van der Waals surface area contributed by atoms with Crippen LogP contribution in [0.25, 0.3) is 16.7 Å². The standard InChI is InChI=1S/C16H13Cl2FN2/c1-9-3-6-15-14(7-9)20-16(10(2)17)21(15)11-4-5-12(18)13(19)8-11/h3-8,10H,1-2H3. The predicted octanol–water partition coefficient (Wildman–Crippen LogP) is 5.43. The molecule has 0 radical (unpaired) electrons. The second-order valence-electron chi connectivity index (χ2n) is 5.01. The molecule has 0 saturated carbocycles. The summed E-state index contributed by atoms with van der Waals surface area (Å²) in [5, 5.41) is -0.198. The monoisotopic (exact) mass is 322 g/mol. The quantitative estimate of drug-likeness (QED) is 0.575. The normalized spacial score (nSPS) is 12.8. The van der Waals surface area contributed by atoms with Crippen molar-refractivity contribution in [2.75, 3.05) is 0 Å². The second kappa shape index (κ2) is 5.32. The molecule has 0 fully saturated rings. The Bertz CT molecular complexity index is 825. The molecular weight excluding hydrogens is 310 g/mol. The van der Waals surface area contributed by atoms with Gasteiger partial charge in [0, 0.05) is 0 Å². The molecule has 108 valence electrons. The van der Waals surface area contributed by atoms with Gasteiger partial charge in [0.2, 0.25) is 0 Å². The van der Waals surface area contributed by atoms with Gasteiger partial charge in [-0.15, -0.1) is 11.6 Å². The highest BCUT2D eigenvalue weighted by Gasteiger charge is 2.17. The van der Waals surface area contributed by atoms with E-state index in [9.17, 15) is 4.39 Å². The summed E-state index contributed by atoms with van der Waals surface area (Å²) in [5.41, 5.74) is 3.51. The third-order valence-electron chi connectivity index (χ3n) is 3.35. The van der Waals surface area contributed by atoms with E-state index in [4.69, 9.17) is 23.2 Å². The van der Waals surface area contributed by atoms with Gasteiger partial charge in [0.15, 0.2) is 0 Å². The van der Waals surface area contributed by atoms with E-state index in [0.717, 1.165) is 16.6 Å². The number of hydrogen-bond donors (Lipinski definition) is 0. The molecule has 2 nitrogen and oxygen atoms in total. The lowest BCUT2D eigenvalue weighted by Gasteiger charge is -2.11. The number of aryl methyl sites for hydroxylation is 1. The number of benzene rings is 2. The fraction of sp³-hybridized carbons (Fsp3) is 0.188. The molecular formula is C16H13Cl2FN2. The number of rotatable bonds is 2. The molecule has 3 rings (SSSR count). The van der Waals surface area contributed by atoms with Crippen molar-refractivity contribution in [3.8, 4) is 5.69 Å². The summed E-state index contributed by atoms with van der Waals surface area (Å²) in [5.74, 6) is 0.218. The molecule has 0 spiro atoms. The summed E-state index contributed by atoms with van der Waals surface area (Å²) in [7, 11) is 0. The summed E-state index contributed by atoms with van der Waals surface area (Å²) in [6.45, 7) is 3.85. The van der Waals surface area contributed by atoms with E-state index < -0.39 is 5.82 Å². The number of nitrogens with zero attached hydrogens (tertiary/aromatic N) is 2. The van der Waals surface area contributed by atoms with Gasteiger partial charge < -0.3 is 0 Å². The van der Waals surface area contributed by atoms with Crippen LogP contribution in [0.15, 0.2) is 36.4 Å². The van der Waals surface area contributed by atoms with Gasteiger partial charge in [0.05, 0.1) is 27.1 Å². The summed E-state index contributed by atoms with van der Waals surface area (Å²) < 4.78 is 15.6. The topological polar surface area (TPSA) is 17.8 Å². The Morgan fingerprint density at radius 2 is 1.95 bits per heavy atom. The largest absolute Gasteiger partial charge is 0.295 e. The number of hydrogen-bond acceptors (Lipinski definition) is 1. The van der Waals surface area contributed by atoms with E-state index in [1.807, 2.05) is 36.6 Å². The average molecular weight is 323 g/mol. The van der Waals surface area contributed by atoms with Crippen LogP contribution in [0.1, 0.15) is 23.7 Å². The van der Waals surface area contributed by atoms with Crippen LogP contribution in [-0.2, 0) is 0 Å². The maximum absolute atomic E-state index is 13.8. The minimum atomic E-state index is -0.462. The summed E-state index contributed by atoms with van der Waals surface area (Å²) >= 11 is 12.0. The van der Waals surface area contributed by atoms with E-state index in [1.54, 1.807) is 6.07 Å². The third kappa shape index (κ3) is 2.52. The molecule has 1 atom stereocenters. The molecule has 0 aliphatic rings. The molecule has 1 aromatic heterocycles. The van der Waals surface area contributed by atoms with E-state index in [-0.39, 0.29) is 10.4 Å². The zero-order valence-corrected chi connectivity index (χ0v) is 13.1. The van der Waals surface area contributed by atoms with E-state index in [2.05, 4.69) is 4.98 Å². The van der Waals surface area contributed by atoms with Gasteiger partial charge in [0.1, 0.15) is 11.6 Å². The van der Waals surface area contributed by atoms with Gasteiger partial charge >= 0.3 is 0 Å². The van der Waals surface area contributed by atoms with Crippen LogP contribution in [0.5, 0.6) is 0 Å². The Kier molecular flexibility index (Phi) is 3.64. The minimum Gasteiger partial charge on any atom is -0.295 e. The van der Waals surface area contributed by atoms with Crippen LogP contribution < -0.4 is 0 Å². The van der Waals surface area contributed by atoms with E-state index in [1.165, 1.54) is 12.1 Å². The zero-order valence-electron chi connectivity index (χ0n) is 11.6. The first-order chi connectivity index (χ1) is 9.97. The van der Waals surface area contributed by atoms with Crippen molar-refractivity contribution in [1.29, 1.82) is 0 Å². The fourth-order valence-corrected chi connectivity index (χ4v) is 2.64. The molecule has 0 bridgehead atoms. The highest BCUT2D eigenvalue weighted by atomic mass is 35.5. The Morgan fingerprint density at radius 1 is 1.19 bits per heavy atom. The van der Waals surface area contributed by atoms with Crippen molar-refractivity contribution >= 4 is 34.2 Å². The van der Waals surface area contributed by atoms with Gasteiger partial charge in [-0.05, 0) is 49.7 Å². The first-order valence-electron chi connectivity index (χ1n) is 6.56. The van der Waals surface area contributed by atoms with Crippen LogP contribution >= 0.6 is 23.2 Å². The van der Waals surface area contributed by atoms with Gasteiger partial charge in [-0.25, -0.2) is 9.37 Å². The lowest BCUT2D eigenvalue weighted by Crippen LogP contribution is -2.02. The molecule has 0 saturated heterocycles. The second-order valence-corrected chi connectivity index (χ2v) is 6.07. The van der Waals surface area contributed by atoms with Crippen molar-refractivity contribution in [2.45, 2.75) is 19.2 Å². The summed E-state index contributed by atoms with van der Waals surface area (Å²) in [4.78, 5) is 4.58. The van der Waals surface area contributed by atoms with Crippen molar-refractivity contribution in [1.82, 2.24) is 9.55 Å². The number of halogens is 3. The molecule has 21 heavy (non-hydrogen) atoms. The lowest BCUT2D eigenvalue weighted by molar-refractivity contribution is 0.627. The Labute approximate surface area is 132 Å². The predicted molar refractivity (Wildman–Crippen MR) is 85.0 cm³/mol. The highest BCUT2D eigenvalue weighted by Crippen LogP contribution is 2.29. The maximum atomic E-state index is 13.8. The summed E-state index contributed by atoms with van der Waals surface area (Å²) in [6, 6.07) is 10.6. The lowest BCUT2D eigenvalue weighted by atomic mass is 10.2. The van der Waals surface area contributed by atoms with Crippen LogP contribution in [0.3, 0.4) is 0 Å². The molecule has 3 aromatic rings. The SMILES string of the molecule is Cc1ccc2c(c1)nc(C(C)Cl)n2-c1ccc(Cl)c(F)c1. The first kappa shape index (κ1) is 14.4. The molecule has 0 aliphatic carbocycles. The van der Waals surface area contributed by atoms with Crippen molar-refractivity contribution in [2.24, 2.45) is 0 Å². The first-order valence-corrected chi connectivity index (χ1v) is 7.37. The van der Waals surface area contributed by atoms with E-state index >= 15 is 0 Å². The Hall–Kier alpha value is -1.58. The van der Waals surface area contributed by atoms with Gasteiger partial charge in [-0.1, -0.05) is 17.7 Å². The molecule has 5 heteroatoms. The number of fused-ring (bicyclic) bond motifs is 1. The summed E-state index contributed by atoms with van der Waals surface area (Å²) in [6.07, 6.45) is 0. The van der Waals surface area contributed by atoms with Crippen LogP contribution in [0.4, 0.5) is 4.39 Å². The third-order valence-corrected chi connectivity index (χ3v) is 3.85. The number of alkyl halides is 1. The number of aromatic nitrogens is 2. The number of imidazole rings is 1. The van der Waals surface area contributed by atoms with Crippen LogP contribution in [-0.4, -0.2) is 9.55 Å². The Morgan fingerprint density at radius 3 is 2.62 bits per heavy atom. The van der Waals surface area contributed by atoms with Gasteiger partial charge in [-0.3, -0.25) is 4.57 Å². The molecule has 1 heterocycles. The molecule has 1 unspecified atom stereocenters. The zero-order chi connectivity index (χ0) is 15.1. The van der Waals surface area contributed by atoms with Gasteiger partial charge in [0.25, 0.3) is 0 Å². The van der Waals surface area contributed by atoms with Crippen molar-refractivity contribution in [3.05, 3.63) is 58.6 Å². The average Bonchev–Trinajstić information content (AvgIpc) is 2.80. The highest BCUT2D eigenvalue weighted by molar-refractivity contribution is 6.30. The minimum absolute atomic E-state index is 0.0967.